The van der Waals surface area contributed by atoms with Gasteiger partial charge in [0.05, 0.1) is 0 Å². The van der Waals surface area contributed by atoms with Crippen LogP contribution in [0.4, 0.5) is 0 Å². The van der Waals surface area contributed by atoms with Gasteiger partial charge in [-0.25, -0.2) is 0 Å². The van der Waals surface area contributed by atoms with Gasteiger partial charge in [0, 0.05) is 11.5 Å². The Labute approximate surface area is 102 Å². The van der Waals surface area contributed by atoms with Crippen molar-refractivity contribution >= 4 is 11.4 Å². The molecule has 2 saturated carbocycles. The molecule has 4 rings (SSSR count). The Hall–Kier alpha value is -1.37. The van der Waals surface area contributed by atoms with E-state index in [0.29, 0.717) is 23.5 Å². The number of carbonyl (C=O) groups excluding carboxylic acids is 1. The molecule has 2 bridgehead atoms. The lowest BCUT2D eigenvalue weighted by Gasteiger charge is -2.22. The van der Waals surface area contributed by atoms with E-state index in [2.05, 4.69) is 18.2 Å². The Kier molecular flexibility index (Phi) is 1.88. The number of ketones is 1. The molecule has 0 N–H and O–H groups in total. The maximum atomic E-state index is 12.5. The highest BCUT2D eigenvalue weighted by atomic mass is 16.1. The van der Waals surface area contributed by atoms with E-state index in [9.17, 15) is 4.79 Å². The van der Waals surface area contributed by atoms with Gasteiger partial charge in [0.1, 0.15) is 0 Å². The molecule has 2 fully saturated rings. The second kappa shape index (κ2) is 3.32. The van der Waals surface area contributed by atoms with E-state index in [4.69, 9.17) is 0 Å². The minimum absolute atomic E-state index is 0.337. The number of benzene rings is 1. The van der Waals surface area contributed by atoms with Crippen molar-refractivity contribution in [3.63, 3.8) is 0 Å². The molecule has 0 radical (unpaired) electrons. The minimum Gasteiger partial charge on any atom is -0.294 e. The highest BCUT2D eigenvalue weighted by molar-refractivity contribution is 6.24. The van der Waals surface area contributed by atoms with E-state index >= 15 is 0 Å². The fourth-order valence-corrected chi connectivity index (χ4v) is 4.27. The van der Waals surface area contributed by atoms with Gasteiger partial charge in [-0.05, 0) is 42.6 Å². The summed E-state index contributed by atoms with van der Waals surface area (Å²) in [6, 6.07) is 10.2. The smallest absolute Gasteiger partial charge is 0.167 e. The SMILES string of the molecule is O=C1C(c2ccccc2)=CC2C3CCC(C3)C12. The van der Waals surface area contributed by atoms with Crippen LogP contribution in [0.3, 0.4) is 0 Å². The number of hydrogen-bond donors (Lipinski definition) is 0. The van der Waals surface area contributed by atoms with Crippen molar-refractivity contribution in [1.82, 2.24) is 0 Å². The Bertz CT molecular complexity index is 500. The summed E-state index contributed by atoms with van der Waals surface area (Å²) in [6.07, 6.45) is 6.22. The summed E-state index contributed by atoms with van der Waals surface area (Å²) in [5.41, 5.74) is 2.11. The summed E-state index contributed by atoms with van der Waals surface area (Å²) in [5.74, 6) is 2.82. The maximum Gasteiger partial charge on any atom is 0.167 e. The van der Waals surface area contributed by atoms with Crippen molar-refractivity contribution in [2.45, 2.75) is 19.3 Å². The first kappa shape index (κ1) is 9.64. The molecule has 3 aliphatic rings. The molecule has 1 nitrogen and oxygen atoms in total. The summed E-state index contributed by atoms with van der Waals surface area (Å²) in [4.78, 5) is 12.5. The van der Waals surface area contributed by atoms with Crippen LogP contribution in [-0.2, 0) is 4.79 Å². The predicted molar refractivity (Wildman–Crippen MR) is 67.2 cm³/mol. The molecule has 4 unspecified atom stereocenters. The van der Waals surface area contributed by atoms with Crippen LogP contribution in [0, 0.1) is 23.7 Å². The van der Waals surface area contributed by atoms with Crippen molar-refractivity contribution in [2.24, 2.45) is 23.7 Å². The van der Waals surface area contributed by atoms with E-state index < -0.39 is 0 Å². The van der Waals surface area contributed by atoms with E-state index in [1.807, 2.05) is 18.2 Å². The molecule has 1 heteroatoms. The Morgan fingerprint density at radius 1 is 1.00 bits per heavy atom. The first-order valence-electron chi connectivity index (χ1n) is 6.66. The summed E-state index contributed by atoms with van der Waals surface area (Å²) in [7, 11) is 0. The third-order valence-electron chi connectivity index (χ3n) is 4.99. The molecule has 1 aromatic rings. The molecule has 1 aromatic carbocycles. The van der Waals surface area contributed by atoms with Gasteiger partial charge in [-0.15, -0.1) is 0 Å². The molecular formula is C16H16O. The fraction of sp³-hybridized carbons (Fsp3) is 0.438. The maximum absolute atomic E-state index is 12.5. The van der Waals surface area contributed by atoms with Crippen molar-refractivity contribution < 1.29 is 4.79 Å². The van der Waals surface area contributed by atoms with Crippen LogP contribution in [-0.4, -0.2) is 5.78 Å². The van der Waals surface area contributed by atoms with Gasteiger partial charge in [0.15, 0.2) is 5.78 Å². The first-order valence-corrected chi connectivity index (χ1v) is 6.66. The number of rotatable bonds is 1. The molecule has 0 spiro atoms. The zero-order chi connectivity index (χ0) is 11.4. The van der Waals surface area contributed by atoms with Gasteiger partial charge in [-0.3, -0.25) is 4.79 Å². The molecule has 86 valence electrons. The quantitative estimate of drug-likeness (QED) is 0.715. The Morgan fingerprint density at radius 3 is 2.53 bits per heavy atom. The summed E-state index contributed by atoms with van der Waals surface area (Å²) >= 11 is 0. The van der Waals surface area contributed by atoms with Gasteiger partial charge < -0.3 is 0 Å². The van der Waals surface area contributed by atoms with Crippen LogP contribution in [0.15, 0.2) is 36.4 Å². The second-order valence-corrected chi connectivity index (χ2v) is 5.75. The second-order valence-electron chi connectivity index (χ2n) is 5.75. The number of hydrogen-bond acceptors (Lipinski definition) is 1. The van der Waals surface area contributed by atoms with Crippen molar-refractivity contribution in [2.75, 3.05) is 0 Å². The lowest BCUT2D eigenvalue weighted by molar-refractivity contribution is -0.118. The highest BCUT2D eigenvalue weighted by Crippen LogP contribution is 2.57. The van der Waals surface area contributed by atoms with E-state index in [0.717, 1.165) is 17.1 Å². The lowest BCUT2D eigenvalue weighted by Crippen LogP contribution is -2.23. The summed E-state index contributed by atoms with van der Waals surface area (Å²) < 4.78 is 0. The average molecular weight is 224 g/mol. The highest BCUT2D eigenvalue weighted by Gasteiger charge is 2.53. The van der Waals surface area contributed by atoms with Gasteiger partial charge in [-0.1, -0.05) is 36.4 Å². The van der Waals surface area contributed by atoms with E-state index in [1.54, 1.807) is 0 Å². The fourth-order valence-electron chi connectivity index (χ4n) is 4.27. The summed E-state index contributed by atoms with van der Waals surface area (Å²) in [5, 5.41) is 0. The third kappa shape index (κ3) is 1.23. The Balaban J connectivity index is 1.75. The summed E-state index contributed by atoms with van der Waals surface area (Å²) in [6.45, 7) is 0. The van der Waals surface area contributed by atoms with Gasteiger partial charge in [0.2, 0.25) is 0 Å². The molecule has 17 heavy (non-hydrogen) atoms. The van der Waals surface area contributed by atoms with Gasteiger partial charge >= 0.3 is 0 Å². The molecule has 0 amide bonds. The standard InChI is InChI=1S/C16H16O/c17-16-14(10-4-2-1-3-5-10)9-13-11-6-7-12(8-11)15(13)16/h1-5,9,11-13,15H,6-8H2. The minimum atomic E-state index is 0.337. The first-order chi connectivity index (χ1) is 8.34. The molecule has 4 atom stereocenters. The molecule has 3 aliphatic carbocycles. The number of carbonyl (C=O) groups is 1. The molecule has 0 aromatic heterocycles. The topological polar surface area (TPSA) is 17.1 Å². The lowest BCUT2D eigenvalue weighted by atomic mass is 9.81. The van der Waals surface area contributed by atoms with E-state index in [-0.39, 0.29) is 0 Å². The van der Waals surface area contributed by atoms with Crippen LogP contribution < -0.4 is 0 Å². The number of fused-ring (bicyclic) bond motifs is 5. The molecule has 0 saturated heterocycles. The molecule has 0 heterocycles. The van der Waals surface area contributed by atoms with Crippen LogP contribution in [0.1, 0.15) is 24.8 Å². The average Bonchev–Trinajstić information content (AvgIpc) is 3.03. The van der Waals surface area contributed by atoms with Crippen LogP contribution in [0.5, 0.6) is 0 Å². The largest absolute Gasteiger partial charge is 0.294 e. The zero-order valence-corrected chi connectivity index (χ0v) is 9.80. The zero-order valence-electron chi connectivity index (χ0n) is 9.80. The number of allylic oxidation sites excluding steroid dienone is 2. The molecular weight excluding hydrogens is 208 g/mol. The van der Waals surface area contributed by atoms with Crippen molar-refractivity contribution in [3.8, 4) is 0 Å². The monoisotopic (exact) mass is 224 g/mol. The van der Waals surface area contributed by atoms with Crippen LogP contribution in [0.2, 0.25) is 0 Å². The number of Topliss-reactive ketones (excluding diaryl/α,β-unsaturated/α-hetero) is 1. The van der Waals surface area contributed by atoms with Crippen LogP contribution >= 0.6 is 0 Å². The van der Waals surface area contributed by atoms with Gasteiger partial charge in [-0.2, -0.15) is 0 Å². The van der Waals surface area contributed by atoms with Crippen molar-refractivity contribution in [3.05, 3.63) is 42.0 Å². The van der Waals surface area contributed by atoms with Gasteiger partial charge in [0.25, 0.3) is 0 Å². The third-order valence-corrected chi connectivity index (χ3v) is 4.99. The van der Waals surface area contributed by atoms with E-state index in [1.165, 1.54) is 19.3 Å². The molecule has 0 aliphatic heterocycles. The normalized spacial score (nSPS) is 38.4. The van der Waals surface area contributed by atoms with Crippen molar-refractivity contribution in [1.29, 1.82) is 0 Å². The Morgan fingerprint density at radius 2 is 1.76 bits per heavy atom. The predicted octanol–water partition coefficient (Wildman–Crippen LogP) is 3.32. The van der Waals surface area contributed by atoms with Crippen LogP contribution in [0.25, 0.3) is 5.57 Å².